The molecule has 1 unspecified atom stereocenters. The van der Waals surface area contributed by atoms with Crippen LogP contribution in [0.5, 0.6) is 0 Å². The average molecular weight is 347 g/mol. The zero-order valence-electron chi connectivity index (χ0n) is 12.5. The smallest absolute Gasteiger partial charge is 0.218 e. The number of rotatable bonds is 6. The lowest BCUT2D eigenvalue weighted by molar-refractivity contribution is 0.413. The molecular weight excluding hydrogens is 333 g/mol. The van der Waals surface area contributed by atoms with Crippen LogP contribution in [-0.2, 0) is 15.8 Å². The Balaban J connectivity index is 1.91. The van der Waals surface area contributed by atoms with Crippen LogP contribution in [0.25, 0.3) is 0 Å². The van der Waals surface area contributed by atoms with Gasteiger partial charge in [0.25, 0.3) is 0 Å². The van der Waals surface area contributed by atoms with Crippen molar-refractivity contribution in [3.8, 4) is 0 Å². The average Bonchev–Trinajstić information content (AvgIpc) is 3.07. The highest BCUT2D eigenvalue weighted by molar-refractivity contribution is 7.88. The quantitative estimate of drug-likeness (QED) is 0.740. The van der Waals surface area contributed by atoms with Crippen molar-refractivity contribution in [3.63, 3.8) is 0 Å². The Morgan fingerprint density at radius 3 is 2.54 bits per heavy atom. The van der Waals surface area contributed by atoms with Crippen molar-refractivity contribution < 1.29 is 17.3 Å². The molecule has 2 heterocycles. The highest BCUT2D eigenvalue weighted by atomic mass is 32.2. The van der Waals surface area contributed by atoms with Crippen LogP contribution < -0.4 is 4.72 Å². The number of aromatic nitrogens is 2. The van der Waals surface area contributed by atoms with Gasteiger partial charge in [0.15, 0.2) is 0 Å². The minimum absolute atomic E-state index is 0.293. The van der Waals surface area contributed by atoms with E-state index in [0.717, 1.165) is 0 Å². The molecule has 1 atom stereocenters. The Bertz CT molecular complexity index is 882. The standard InChI is InChI=1S/C16H14FN3O3S/c17-13-6-4-12(5-7-13)16(15-3-1-2-9-18-15)20-24(21,22)11-14-8-10-23-19-14/h1-10,16,20H,11H2. The van der Waals surface area contributed by atoms with Gasteiger partial charge in [-0.1, -0.05) is 23.4 Å². The second kappa shape index (κ2) is 6.90. The van der Waals surface area contributed by atoms with Crippen molar-refractivity contribution in [1.82, 2.24) is 14.9 Å². The van der Waals surface area contributed by atoms with Crippen molar-refractivity contribution in [2.45, 2.75) is 11.8 Å². The van der Waals surface area contributed by atoms with E-state index < -0.39 is 21.9 Å². The molecule has 0 fully saturated rings. The molecule has 3 rings (SSSR count). The lowest BCUT2D eigenvalue weighted by atomic mass is 10.0. The fourth-order valence-electron chi connectivity index (χ4n) is 2.23. The fourth-order valence-corrected chi connectivity index (χ4v) is 3.47. The minimum Gasteiger partial charge on any atom is -0.364 e. The Morgan fingerprint density at radius 2 is 1.92 bits per heavy atom. The van der Waals surface area contributed by atoms with E-state index in [4.69, 9.17) is 0 Å². The van der Waals surface area contributed by atoms with E-state index in [-0.39, 0.29) is 5.75 Å². The van der Waals surface area contributed by atoms with Crippen molar-refractivity contribution in [1.29, 1.82) is 0 Å². The van der Waals surface area contributed by atoms with Crippen LogP contribution in [0.2, 0.25) is 0 Å². The predicted molar refractivity (Wildman–Crippen MR) is 84.7 cm³/mol. The van der Waals surface area contributed by atoms with Gasteiger partial charge in [-0.2, -0.15) is 0 Å². The maximum Gasteiger partial charge on any atom is 0.218 e. The van der Waals surface area contributed by atoms with Crippen molar-refractivity contribution >= 4 is 10.0 Å². The van der Waals surface area contributed by atoms with Crippen molar-refractivity contribution in [3.05, 3.63) is 83.8 Å². The van der Waals surface area contributed by atoms with Crippen molar-refractivity contribution in [2.75, 3.05) is 0 Å². The van der Waals surface area contributed by atoms with E-state index >= 15 is 0 Å². The van der Waals surface area contributed by atoms with Crippen LogP contribution in [0, 0.1) is 5.82 Å². The molecule has 1 N–H and O–H groups in total. The van der Waals surface area contributed by atoms with E-state index in [0.29, 0.717) is 17.0 Å². The number of pyridine rings is 1. The molecule has 0 saturated carbocycles. The highest BCUT2D eigenvalue weighted by Gasteiger charge is 2.23. The first kappa shape index (κ1) is 16.3. The lowest BCUT2D eigenvalue weighted by Gasteiger charge is -2.18. The molecule has 1 aromatic carbocycles. The predicted octanol–water partition coefficient (Wildman–Crippen LogP) is 2.42. The third-order valence-electron chi connectivity index (χ3n) is 3.31. The Morgan fingerprint density at radius 1 is 1.12 bits per heavy atom. The van der Waals surface area contributed by atoms with Gasteiger partial charge in [-0.05, 0) is 29.8 Å². The number of halogens is 1. The summed E-state index contributed by atoms with van der Waals surface area (Å²) >= 11 is 0. The van der Waals surface area contributed by atoms with Gasteiger partial charge in [-0.15, -0.1) is 0 Å². The summed E-state index contributed by atoms with van der Waals surface area (Å²) in [6, 6.07) is 11.5. The van der Waals surface area contributed by atoms with Gasteiger partial charge in [-0.3, -0.25) is 4.98 Å². The van der Waals surface area contributed by atoms with Gasteiger partial charge in [0.05, 0.1) is 17.4 Å². The molecule has 0 aliphatic heterocycles. The van der Waals surface area contributed by atoms with E-state index in [9.17, 15) is 12.8 Å². The van der Waals surface area contributed by atoms with Gasteiger partial charge in [0.2, 0.25) is 10.0 Å². The molecule has 0 spiro atoms. The van der Waals surface area contributed by atoms with E-state index in [1.165, 1.54) is 36.6 Å². The van der Waals surface area contributed by atoms with Crippen LogP contribution in [0.1, 0.15) is 23.0 Å². The molecule has 0 radical (unpaired) electrons. The zero-order chi connectivity index (χ0) is 17.0. The second-order valence-corrected chi connectivity index (χ2v) is 6.86. The summed E-state index contributed by atoms with van der Waals surface area (Å²) < 4.78 is 45.3. The molecule has 8 heteroatoms. The molecular formula is C16H14FN3O3S. The molecule has 2 aromatic heterocycles. The number of hydrogen-bond acceptors (Lipinski definition) is 5. The Labute approximate surface area is 138 Å². The molecule has 0 bridgehead atoms. The Hall–Kier alpha value is -2.58. The lowest BCUT2D eigenvalue weighted by Crippen LogP contribution is -2.31. The summed E-state index contributed by atoms with van der Waals surface area (Å²) in [6.07, 6.45) is 2.87. The third kappa shape index (κ3) is 4.03. The summed E-state index contributed by atoms with van der Waals surface area (Å²) in [5.74, 6) is -0.724. The third-order valence-corrected chi connectivity index (χ3v) is 4.58. The van der Waals surface area contributed by atoms with Gasteiger partial charge >= 0.3 is 0 Å². The van der Waals surface area contributed by atoms with Gasteiger partial charge < -0.3 is 4.52 Å². The molecule has 124 valence electrons. The van der Waals surface area contributed by atoms with Crippen molar-refractivity contribution in [2.24, 2.45) is 0 Å². The molecule has 3 aromatic rings. The highest BCUT2D eigenvalue weighted by Crippen LogP contribution is 2.22. The normalized spacial score (nSPS) is 12.9. The number of sulfonamides is 1. The van der Waals surface area contributed by atoms with E-state index in [2.05, 4.69) is 19.4 Å². The number of hydrogen-bond donors (Lipinski definition) is 1. The van der Waals surface area contributed by atoms with Gasteiger partial charge in [-0.25, -0.2) is 17.5 Å². The number of nitrogens with zero attached hydrogens (tertiary/aromatic N) is 2. The molecule has 6 nitrogen and oxygen atoms in total. The van der Waals surface area contributed by atoms with Crippen LogP contribution in [-0.4, -0.2) is 18.6 Å². The SMILES string of the molecule is O=S(=O)(Cc1ccon1)NC(c1ccc(F)cc1)c1ccccn1. The maximum atomic E-state index is 13.2. The van der Waals surface area contributed by atoms with Crippen LogP contribution >= 0.6 is 0 Å². The zero-order valence-corrected chi connectivity index (χ0v) is 13.3. The summed E-state index contributed by atoms with van der Waals surface area (Å²) in [6.45, 7) is 0. The van der Waals surface area contributed by atoms with E-state index in [1.54, 1.807) is 24.4 Å². The molecule has 0 saturated heterocycles. The molecule has 0 aliphatic rings. The van der Waals surface area contributed by atoms with Gasteiger partial charge in [0, 0.05) is 12.3 Å². The first-order chi connectivity index (χ1) is 11.5. The summed E-state index contributed by atoms with van der Waals surface area (Å²) in [5.41, 5.74) is 1.38. The summed E-state index contributed by atoms with van der Waals surface area (Å²) in [4.78, 5) is 4.20. The molecule has 0 amide bonds. The van der Waals surface area contributed by atoms with E-state index in [1.807, 2.05) is 0 Å². The number of nitrogens with one attached hydrogen (secondary N) is 1. The monoisotopic (exact) mass is 347 g/mol. The first-order valence-corrected chi connectivity index (χ1v) is 8.74. The largest absolute Gasteiger partial charge is 0.364 e. The van der Waals surface area contributed by atoms with Crippen LogP contribution in [0.4, 0.5) is 4.39 Å². The molecule has 24 heavy (non-hydrogen) atoms. The fraction of sp³-hybridized carbons (Fsp3) is 0.125. The second-order valence-electron chi connectivity index (χ2n) is 5.11. The Kier molecular flexibility index (Phi) is 4.68. The number of benzene rings is 1. The first-order valence-electron chi connectivity index (χ1n) is 7.09. The minimum atomic E-state index is -3.72. The topological polar surface area (TPSA) is 85.1 Å². The maximum absolute atomic E-state index is 13.2. The molecule has 0 aliphatic carbocycles. The van der Waals surface area contributed by atoms with Crippen LogP contribution in [0.15, 0.2) is 65.5 Å². The van der Waals surface area contributed by atoms with Crippen LogP contribution in [0.3, 0.4) is 0 Å². The van der Waals surface area contributed by atoms with Gasteiger partial charge in [0.1, 0.15) is 17.8 Å². The summed E-state index contributed by atoms with van der Waals surface area (Å²) in [5, 5.41) is 3.61. The summed E-state index contributed by atoms with van der Waals surface area (Å²) in [7, 11) is -3.72.